The molecule has 0 saturated carbocycles. The molecular weight excluding hydrogens is 244 g/mol. The van der Waals surface area contributed by atoms with Gasteiger partial charge in [-0.25, -0.2) is 4.79 Å². The van der Waals surface area contributed by atoms with Crippen molar-refractivity contribution in [2.45, 2.75) is 6.92 Å². The monoisotopic (exact) mass is 262 g/mol. The van der Waals surface area contributed by atoms with Gasteiger partial charge in [0.15, 0.2) is 0 Å². The fourth-order valence-corrected chi connectivity index (χ4v) is 1.25. The van der Waals surface area contributed by atoms with Gasteiger partial charge in [0.05, 0.1) is 13.7 Å². The van der Waals surface area contributed by atoms with Gasteiger partial charge in [-0.05, 0) is 42.3 Å². The Balaban J connectivity index is 2.52. The summed E-state index contributed by atoms with van der Waals surface area (Å²) in [6, 6.07) is 7.33. The lowest BCUT2D eigenvalue weighted by Crippen LogP contribution is -1.96. The van der Waals surface area contributed by atoms with Crippen LogP contribution < -0.4 is 4.74 Å². The summed E-state index contributed by atoms with van der Waals surface area (Å²) in [5.74, 6) is 0.349. The van der Waals surface area contributed by atoms with Gasteiger partial charge < -0.3 is 14.6 Å². The molecule has 0 heterocycles. The maximum absolute atomic E-state index is 10.9. The molecule has 0 aliphatic rings. The molecule has 0 bridgehead atoms. The smallest absolute Gasteiger partial charge is 0.330 e. The van der Waals surface area contributed by atoms with Crippen molar-refractivity contribution in [3.05, 3.63) is 47.6 Å². The third-order valence-electron chi connectivity index (χ3n) is 2.42. The van der Waals surface area contributed by atoms with Crippen LogP contribution >= 0.6 is 0 Å². The quantitative estimate of drug-likeness (QED) is 0.485. The number of hydrogen-bond acceptors (Lipinski definition) is 4. The van der Waals surface area contributed by atoms with Gasteiger partial charge in [-0.3, -0.25) is 0 Å². The lowest BCUT2D eigenvalue weighted by Gasteiger charge is -2.04. The fourth-order valence-electron chi connectivity index (χ4n) is 1.25. The van der Waals surface area contributed by atoms with Crippen LogP contribution in [0.25, 0.3) is 6.08 Å². The summed E-state index contributed by atoms with van der Waals surface area (Å²) in [5.41, 5.74) is 1.76. The highest BCUT2D eigenvalue weighted by molar-refractivity contribution is 5.86. The van der Waals surface area contributed by atoms with Crippen molar-refractivity contribution in [1.82, 2.24) is 0 Å². The molecule has 19 heavy (non-hydrogen) atoms. The van der Waals surface area contributed by atoms with Crippen molar-refractivity contribution in [2.75, 3.05) is 20.3 Å². The molecule has 0 aromatic heterocycles. The third kappa shape index (κ3) is 5.88. The minimum Gasteiger partial charge on any atom is -0.490 e. The molecule has 4 nitrogen and oxygen atoms in total. The van der Waals surface area contributed by atoms with E-state index in [0.717, 1.165) is 16.9 Å². The van der Waals surface area contributed by atoms with Crippen LogP contribution in [0.4, 0.5) is 0 Å². The number of aliphatic hydroxyl groups is 1. The van der Waals surface area contributed by atoms with E-state index in [1.807, 2.05) is 37.3 Å². The molecule has 1 rings (SSSR count). The SMILES string of the molecule is COC(=O)/C=C\c1ccc(OC/C=C(\C)CO)cc1. The zero-order chi connectivity index (χ0) is 14.1. The van der Waals surface area contributed by atoms with E-state index in [0.29, 0.717) is 6.61 Å². The van der Waals surface area contributed by atoms with Crippen LogP contribution in [0.2, 0.25) is 0 Å². The highest BCUT2D eigenvalue weighted by atomic mass is 16.5. The van der Waals surface area contributed by atoms with E-state index >= 15 is 0 Å². The Bertz CT molecular complexity index is 458. The molecule has 0 atom stereocenters. The van der Waals surface area contributed by atoms with Gasteiger partial charge in [0.1, 0.15) is 12.4 Å². The molecule has 0 amide bonds. The van der Waals surface area contributed by atoms with Gasteiger partial charge in [0.2, 0.25) is 0 Å². The summed E-state index contributed by atoms with van der Waals surface area (Å²) in [5, 5.41) is 8.82. The van der Waals surface area contributed by atoms with E-state index in [-0.39, 0.29) is 12.6 Å². The summed E-state index contributed by atoms with van der Waals surface area (Å²) in [4.78, 5) is 10.9. The van der Waals surface area contributed by atoms with Gasteiger partial charge >= 0.3 is 5.97 Å². The van der Waals surface area contributed by atoms with Gasteiger partial charge in [-0.15, -0.1) is 0 Å². The second-order valence-electron chi connectivity index (χ2n) is 3.95. The van der Waals surface area contributed by atoms with Gasteiger partial charge in [0, 0.05) is 6.08 Å². The minimum absolute atomic E-state index is 0.0423. The molecule has 1 aromatic rings. The molecule has 0 spiro atoms. The molecule has 102 valence electrons. The van der Waals surface area contributed by atoms with E-state index in [1.165, 1.54) is 13.2 Å². The molecule has 0 saturated heterocycles. The van der Waals surface area contributed by atoms with Crippen LogP contribution in [0.3, 0.4) is 0 Å². The zero-order valence-corrected chi connectivity index (χ0v) is 11.1. The zero-order valence-electron chi connectivity index (χ0n) is 11.1. The van der Waals surface area contributed by atoms with Crippen molar-refractivity contribution < 1.29 is 19.4 Å². The Morgan fingerprint density at radius 2 is 2.00 bits per heavy atom. The number of hydrogen-bond donors (Lipinski definition) is 1. The maximum Gasteiger partial charge on any atom is 0.330 e. The molecule has 1 N–H and O–H groups in total. The number of methoxy groups -OCH3 is 1. The lowest BCUT2D eigenvalue weighted by atomic mass is 10.2. The number of aliphatic hydroxyl groups excluding tert-OH is 1. The fraction of sp³-hybridized carbons (Fsp3) is 0.267. The first-order chi connectivity index (χ1) is 9.15. The highest BCUT2D eigenvalue weighted by Gasteiger charge is 1.95. The van der Waals surface area contributed by atoms with Crippen molar-refractivity contribution >= 4 is 12.0 Å². The van der Waals surface area contributed by atoms with E-state index in [4.69, 9.17) is 9.84 Å². The summed E-state index contributed by atoms with van der Waals surface area (Å²) >= 11 is 0. The number of carbonyl (C=O) groups excluding carboxylic acids is 1. The lowest BCUT2D eigenvalue weighted by molar-refractivity contribution is -0.134. The number of esters is 1. The molecule has 0 unspecified atom stereocenters. The number of benzene rings is 1. The molecule has 4 heteroatoms. The Labute approximate surface area is 113 Å². The molecular formula is C15H18O4. The Morgan fingerprint density at radius 1 is 1.32 bits per heavy atom. The van der Waals surface area contributed by atoms with Crippen LogP contribution in [0, 0.1) is 0 Å². The number of ether oxygens (including phenoxy) is 2. The first-order valence-electron chi connectivity index (χ1n) is 5.91. The molecule has 0 fully saturated rings. The maximum atomic E-state index is 10.9. The molecule has 0 radical (unpaired) electrons. The van der Waals surface area contributed by atoms with Crippen molar-refractivity contribution in [2.24, 2.45) is 0 Å². The van der Waals surface area contributed by atoms with Crippen LogP contribution in [0.5, 0.6) is 5.75 Å². The largest absolute Gasteiger partial charge is 0.490 e. The van der Waals surface area contributed by atoms with Crippen LogP contribution in [0.1, 0.15) is 12.5 Å². The van der Waals surface area contributed by atoms with Crippen molar-refractivity contribution in [3.63, 3.8) is 0 Å². The predicted molar refractivity (Wildman–Crippen MR) is 73.8 cm³/mol. The topological polar surface area (TPSA) is 55.8 Å². The van der Waals surface area contributed by atoms with E-state index in [1.54, 1.807) is 6.08 Å². The Morgan fingerprint density at radius 3 is 2.58 bits per heavy atom. The van der Waals surface area contributed by atoms with Crippen LogP contribution in [-0.4, -0.2) is 31.4 Å². The minimum atomic E-state index is -0.384. The average Bonchev–Trinajstić information content (AvgIpc) is 2.45. The van der Waals surface area contributed by atoms with E-state index < -0.39 is 0 Å². The van der Waals surface area contributed by atoms with Crippen LogP contribution in [0.15, 0.2) is 42.0 Å². The number of rotatable bonds is 6. The van der Waals surface area contributed by atoms with E-state index in [9.17, 15) is 4.79 Å². The molecule has 0 aliphatic carbocycles. The predicted octanol–water partition coefficient (Wildman–Crippen LogP) is 2.19. The summed E-state index contributed by atoms with van der Waals surface area (Å²) in [6.07, 6.45) is 4.86. The van der Waals surface area contributed by atoms with Crippen molar-refractivity contribution in [1.29, 1.82) is 0 Å². The summed E-state index contributed by atoms with van der Waals surface area (Å²) in [7, 11) is 1.34. The first-order valence-corrected chi connectivity index (χ1v) is 5.91. The average molecular weight is 262 g/mol. The summed E-state index contributed by atoms with van der Waals surface area (Å²) in [6.45, 7) is 2.30. The standard InChI is InChI=1S/C15H18O4/c1-12(11-16)9-10-19-14-6-3-13(4-7-14)5-8-15(17)18-2/h3-9,16H,10-11H2,1-2H3/b8-5-,12-9+. The summed E-state index contributed by atoms with van der Waals surface area (Å²) < 4.78 is 9.98. The van der Waals surface area contributed by atoms with Gasteiger partial charge in [-0.1, -0.05) is 12.1 Å². The normalized spacial score (nSPS) is 11.6. The Kier molecular flexibility index (Phi) is 6.39. The number of carbonyl (C=O) groups is 1. The van der Waals surface area contributed by atoms with Gasteiger partial charge in [-0.2, -0.15) is 0 Å². The molecule has 1 aromatic carbocycles. The first kappa shape index (κ1) is 15.0. The van der Waals surface area contributed by atoms with Crippen molar-refractivity contribution in [3.8, 4) is 5.75 Å². The Hall–Kier alpha value is -2.07. The van der Waals surface area contributed by atoms with E-state index in [2.05, 4.69) is 4.74 Å². The van der Waals surface area contributed by atoms with Gasteiger partial charge in [0.25, 0.3) is 0 Å². The highest BCUT2D eigenvalue weighted by Crippen LogP contribution is 2.13. The second kappa shape index (κ2) is 8.11. The third-order valence-corrected chi connectivity index (χ3v) is 2.42. The van der Waals surface area contributed by atoms with Crippen LogP contribution in [-0.2, 0) is 9.53 Å². The molecule has 0 aliphatic heterocycles. The second-order valence-corrected chi connectivity index (χ2v) is 3.95.